The molecule has 0 aliphatic heterocycles. The Morgan fingerprint density at radius 3 is 2.70 bits per heavy atom. The van der Waals surface area contributed by atoms with E-state index in [-0.39, 0.29) is 11.5 Å². The molecule has 0 radical (unpaired) electrons. The van der Waals surface area contributed by atoms with Crippen LogP contribution in [0.3, 0.4) is 0 Å². The third kappa shape index (κ3) is 3.62. The van der Waals surface area contributed by atoms with E-state index in [2.05, 4.69) is 12.1 Å². The highest BCUT2D eigenvalue weighted by molar-refractivity contribution is 8.13. The molecular weight excluding hydrogens is 268 g/mol. The molecule has 0 heterocycles. The van der Waals surface area contributed by atoms with E-state index in [0.717, 1.165) is 29.5 Å². The Morgan fingerprint density at radius 1 is 1.25 bits per heavy atom. The van der Waals surface area contributed by atoms with Crippen LogP contribution in [0, 0.1) is 28.6 Å². The average Bonchev–Trinajstić information content (AvgIpc) is 2.48. The molecule has 2 rings (SSSR count). The van der Waals surface area contributed by atoms with Crippen molar-refractivity contribution < 1.29 is 4.79 Å². The van der Waals surface area contributed by atoms with Crippen LogP contribution < -0.4 is 0 Å². The molecule has 0 fully saturated rings. The molecule has 1 aromatic carbocycles. The summed E-state index contributed by atoms with van der Waals surface area (Å²) in [4.78, 5) is 13.0. The summed E-state index contributed by atoms with van der Waals surface area (Å²) in [5, 5.41) is 17.4. The van der Waals surface area contributed by atoms with Crippen molar-refractivity contribution in [2.45, 2.75) is 43.4 Å². The maximum absolute atomic E-state index is 12.0. The van der Waals surface area contributed by atoms with Crippen LogP contribution in [0.4, 0.5) is 0 Å². The van der Waals surface area contributed by atoms with Crippen LogP contribution in [-0.4, -0.2) is 5.12 Å². The molecule has 0 saturated heterocycles. The van der Waals surface area contributed by atoms with E-state index >= 15 is 0 Å². The zero-order chi connectivity index (χ0) is 14.4. The second kappa shape index (κ2) is 7.12. The lowest BCUT2D eigenvalue weighted by molar-refractivity contribution is -0.113. The quantitative estimate of drug-likeness (QED) is 0.792. The number of nitrogens with zero attached hydrogens (tertiary/aromatic N) is 2. The van der Waals surface area contributed by atoms with Gasteiger partial charge in [-0.25, -0.2) is 0 Å². The Bertz CT molecular complexity index is 583. The second-order valence-corrected chi connectivity index (χ2v) is 6.02. The van der Waals surface area contributed by atoms with Gasteiger partial charge in [0.15, 0.2) is 0 Å². The van der Waals surface area contributed by atoms with E-state index in [1.807, 2.05) is 18.2 Å². The summed E-state index contributed by atoms with van der Waals surface area (Å²) in [6.45, 7) is 0. The van der Waals surface area contributed by atoms with Gasteiger partial charge in [0.25, 0.3) is 0 Å². The number of rotatable bonds is 4. The molecule has 20 heavy (non-hydrogen) atoms. The SMILES string of the molecule is N#CCCC(C#N)C(=O)Sc1ccc2c(c1)CCCC2. The number of hydrogen-bond acceptors (Lipinski definition) is 4. The van der Waals surface area contributed by atoms with Crippen LogP contribution in [-0.2, 0) is 17.6 Å². The van der Waals surface area contributed by atoms with Gasteiger partial charge in [-0.05, 0) is 55.4 Å². The molecule has 1 atom stereocenters. The first-order valence-electron chi connectivity index (χ1n) is 6.84. The van der Waals surface area contributed by atoms with Crippen molar-refractivity contribution in [2.75, 3.05) is 0 Å². The number of carbonyl (C=O) groups is 1. The van der Waals surface area contributed by atoms with Crippen molar-refractivity contribution in [3.63, 3.8) is 0 Å². The first-order valence-corrected chi connectivity index (χ1v) is 7.66. The zero-order valence-electron chi connectivity index (χ0n) is 11.3. The van der Waals surface area contributed by atoms with E-state index in [9.17, 15) is 4.79 Å². The minimum Gasteiger partial charge on any atom is -0.285 e. The van der Waals surface area contributed by atoms with Gasteiger partial charge in [0.2, 0.25) is 5.12 Å². The van der Waals surface area contributed by atoms with Gasteiger partial charge in [-0.1, -0.05) is 17.8 Å². The van der Waals surface area contributed by atoms with Crippen molar-refractivity contribution in [1.82, 2.24) is 0 Å². The molecule has 0 aromatic heterocycles. The number of hydrogen-bond donors (Lipinski definition) is 0. The van der Waals surface area contributed by atoms with Crippen molar-refractivity contribution in [1.29, 1.82) is 10.5 Å². The molecular formula is C16H16N2OS. The summed E-state index contributed by atoms with van der Waals surface area (Å²) in [6, 6.07) is 10.1. The molecule has 0 spiro atoms. The normalized spacial score (nSPS) is 14.7. The Labute approximate surface area is 123 Å². The molecule has 0 bridgehead atoms. The first kappa shape index (κ1) is 14.6. The fraction of sp³-hybridized carbons (Fsp3) is 0.438. The van der Waals surface area contributed by atoms with Gasteiger partial charge in [-0.3, -0.25) is 4.79 Å². The Kier molecular flexibility index (Phi) is 5.21. The summed E-state index contributed by atoms with van der Waals surface area (Å²) in [5.74, 6) is -0.685. The van der Waals surface area contributed by atoms with E-state index < -0.39 is 5.92 Å². The van der Waals surface area contributed by atoms with Gasteiger partial charge >= 0.3 is 0 Å². The van der Waals surface area contributed by atoms with Crippen molar-refractivity contribution in [3.05, 3.63) is 29.3 Å². The molecule has 0 saturated carbocycles. The maximum atomic E-state index is 12.0. The lowest BCUT2D eigenvalue weighted by Gasteiger charge is -2.16. The van der Waals surface area contributed by atoms with Crippen LogP contribution in [0.5, 0.6) is 0 Å². The van der Waals surface area contributed by atoms with E-state index in [4.69, 9.17) is 10.5 Å². The predicted octanol–water partition coefficient (Wildman–Crippen LogP) is 3.63. The highest BCUT2D eigenvalue weighted by Gasteiger charge is 2.19. The molecule has 1 aliphatic rings. The number of thioether (sulfide) groups is 1. The molecule has 0 N–H and O–H groups in total. The zero-order valence-corrected chi connectivity index (χ0v) is 12.1. The topological polar surface area (TPSA) is 64.7 Å². The highest BCUT2D eigenvalue weighted by Crippen LogP contribution is 2.29. The molecule has 0 amide bonds. The Balaban J connectivity index is 2.04. The summed E-state index contributed by atoms with van der Waals surface area (Å²) >= 11 is 1.13. The maximum Gasteiger partial charge on any atom is 0.210 e. The number of nitriles is 2. The second-order valence-electron chi connectivity index (χ2n) is 4.94. The van der Waals surface area contributed by atoms with E-state index in [0.29, 0.717) is 6.42 Å². The number of benzene rings is 1. The first-order chi connectivity index (χ1) is 9.74. The third-order valence-electron chi connectivity index (χ3n) is 3.52. The number of fused-ring (bicyclic) bond motifs is 1. The lowest BCUT2D eigenvalue weighted by Crippen LogP contribution is -2.09. The summed E-state index contributed by atoms with van der Waals surface area (Å²) < 4.78 is 0. The smallest absolute Gasteiger partial charge is 0.210 e. The minimum absolute atomic E-state index is 0.154. The van der Waals surface area contributed by atoms with Gasteiger partial charge in [0, 0.05) is 11.3 Å². The van der Waals surface area contributed by atoms with Crippen LogP contribution in [0.25, 0.3) is 0 Å². The van der Waals surface area contributed by atoms with Gasteiger partial charge in [0.05, 0.1) is 12.1 Å². The predicted molar refractivity (Wildman–Crippen MR) is 77.9 cm³/mol. The van der Waals surface area contributed by atoms with Crippen molar-refractivity contribution in [3.8, 4) is 12.1 Å². The number of carbonyl (C=O) groups excluding carboxylic acids is 1. The van der Waals surface area contributed by atoms with Crippen LogP contribution in [0.15, 0.2) is 23.1 Å². The molecule has 1 aliphatic carbocycles. The van der Waals surface area contributed by atoms with Crippen molar-refractivity contribution >= 4 is 16.9 Å². The standard InChI is InChI=1S/C16H16N2OS/c17-9-3-6-14(11-18)16(19)20-15-8-7-12-4-1-2-5-13(12)10-15/h7-8,10,14H,1-6H2. The Hall–Kier alpha value is -1.78. The fourth-order valence-corrected chi connectivity index (χ4v) is 3.29. The monoisotopic (exact) mass is 284 g/mol. The van der Waals surface area contributed by atoms with Crippen LogP contribution in [0.2, 0.25) is 0 Å². The Morgan fingerprint density at radius 2 is 2.00 bits per heavy atom. The molecule has 1 unspecified atom stereocenters. The minimum atomic E-state index is -0.685. The molecule has 4 heteroatoms. The fourth-order valence-electron chi connectivity index (χ4n) is 2.40. The largest absolute Gasteiger partial charge is 0.285 e. The van der Waals surface area contributed by atoms with E-state index in [1.54, 1.807) is 0 Å². The summed E-state index contributed by atoms with van der Waals surface area (Å²) in [6.07, 6.45) is 5.21. The molecule has 102 valence electrons. The average molecular weight is 284 g/mol. The van der Waals surface area contributed by atoms with Gasteiger partial charge in [0.1, 0.15) is 5.92 Å². The lowest BCUT2D eigenvalue weighted by atomic mass is 9.92. The number of aryl methyl sites for hydroxylation is 2. The molecule has 3 nitrogen and oxygen atoms in total. The molecule has 1 aromatic rings. The highest BCUT2D eigenvalue weighted by atomic mass is 32.2. The van der Waals surface area contributed by atoms with Crippen LogP contribution >= 0.6 is 11.8 Å². The van der Waals surface area contributed by atoms with E-state index in [1.165, 1.54) is 24.0 Å². The summed E-state index contributed by atoms with van der Waals surface area (Å²) in [7, 11) is 0. The third-order valence-corrected chi connectivity index (χ3v) is 4.50. The summed E-state index contributed by atoms with van der Waals surface area (Å²) in [5.41, 5.74) is 2.72. The van der Waals surface area contributed by atoms with Gasteiger partial charge in [-0.2, -0.15) is 10.5 Å². The van der Waals surface area contributed by atoms with Crippen molar-refractivity contribution in [2.24, 2.45) is 5.92 Å². The van der Waals surface area contributed by atoms with Gasteiger partial charge < -0.3 is 0 Å². The van der Waals surface area contributed by atoms with Crippen LogP contribution in [0.1, 0.15) is 36.8 Å². The van der Waals surface area contributed by atoms with Gasteiger partial charge in [-0.15, -0.1) is 0 Å².